The number of hydrogen-bond acceptors (Lipinski definition) is 4. The zero-order valence-electron chi connectivity index (χ0n) is 13.4. The van der Waals surface area contributed by atoms with Crippen LogP contribution < -0.4 is 4.74 Å². The lowest BCUT2D eigenvalue weighted by Gasteiger charge is -2.57. The van der Waals surface area contributed by atoms with Gasteiger partial charge in [0, 0.05) is 29.5 Å². The SMILES string of the molecule is C=CCN1CC[C@]23c4c5ccc(O)c4O[C@H]2[C@@H](O)C=C[C@H]3[C@H]1C5.I. The standard InChI is InChI=1S/C19H21NO3.HI/c1-2-8-20-9-7-19-12-4-6-15(22)18(19)23-17-14(21)5-3-11(16(17)19)10-13(12)20;/h2-6,12-13,15,18,21-22H,1,7-10H2;1H/t12-,13+,15-,18-,19-;/m0./s1. The Morgan fingerprint density at radius 1 is 1.38 bits per heavy atom. The van der Waals surface area contributed by atoms with Crippen molar-refractivity contribution < 1.29 is 14.9 Å². The van der Waals surface area contributed by atoms with E-state index in [2.05, 4.69) is 17.6 Å². The smallest absolute Gasteiger partial charge is 0.165 e. The Morgan fingerprint density at radius 3 is 3.00 bits per heavy atom. The molecule has 128 valence electrons. The summed E-state index contributed by atoms with van der Waals surface area (Å²) in [7, 11) is 0. The number of aliphatic hydroxyl groups is 1. The predicted molar refractivity (Wildman–Crippen MR) is 102 cm³/mol. The number of hydrogen-bond donors (Lipinski definition) is 2. The molecule has 1 fully saturated rings. The number of aliphatic hydroxyl groups excluding tert-OH is 1. The predicted octanol–water partition coefficient (Wildman–Crippen LogP) is 2.37. The summed E-state index contributed by atoms with van der Waals surface area (Å²) in [5.74, 6) is 1.13. The van der Waals surface area contributed by atoms with E-state index in [1.54, 1.807) is 6.07 Å². The Morgan fingerprint density at radius 2 is 2.21 bits per heavy atom. The summed E-state index contributed by atoms with van der Waals surface area (Å²) in [6.45, 7) is 5.76. The van der Waals surface area contributed by atoms with Gasteiger partial charge in [-0.1, -0.05) is 24.3 Å². The van der Waals surface area contributed by atoms with Crippen molar-refractivity contribution in [2.24, 2.45) is 5.92 Å². The van der Waals surface area contributed by atoms with E-state index in [4.69, 9.17) is 4.74 Å². The molecule has 4 aliphatic rings. The molecule has 0 amide bonds. The minimum atomic E-state index is -0.615. The van der Waals surface area contributed by atoms with Gasteiger partial charge < -0.3 is 14.9 Å². The molecule has 0 unspecified atom stereocenters. The molecule has 2 aliphatic heterocycles. The number of ether oxygens (including phenoxy) is 1. The van der Waals surface area contributed by atoms with Gasteiger partial charge in [-0.25, -0.2) is 0 Å². The van der Waals surface area contributed by atoms with Crippen LogP contribution in [0.25, 0.3) is 0 Å². The van der Waals surface area contributed by atoms with Crippen LogP contribution in [0.3, 0.4) is 0 Å². The number of piperidine rings is 1. The first-order valence-electron chi connectivity index (χ1n) is 8.40. The third-order valence-electron chi connectivity index (χ3n) is 6.35. The van der Waals surface area contributed by atoms with E-state index in [0.717, 1.165) is 31.5 Å². The molecule has 2 bridgehead atoms. The number of nitrogens with zero attached hydrogens (tertiary/aromatic N) is 1. The second kappa shape index (κ2) is 5.47. The zero-order chi connectivity index (χ0) is 15.8. The number of phenols is 1. The lowest BCUT2D eigenvalue weighted by Crippen LogP contribution is -2.65. The van der Waals surface area contributed by atoms with Crippen molar-refractivity contribution in [2.75, 3.05) is 13.1 Å². The molecule has 1 spiro atoms. The van der Waals surface area contributed by atoms with Crippen molar-refractivity contribution in [2.45, 2.75) is 36.5 Å². The Kier molecular flexibility index (Phi) is 3.75. The summed E-state index contributed by atoms with van der Waals surface area (Å²) >= 11 is 0. The zero-order valence-corrected chi connectivity index (χ0v) is 15.7. The van der Waals surface area contributed by atoms with Gasteiger partial charge in [-0.05, 0) is 31.0 Å². The fourth-order valence-corrected chi connectivity index (χ4v) is 5.52. The van der Waals surface area contributed by atoms with Gasteiger partial charge in [-0.3, -0.25) is 4.90 Å². The van der Waals surface area contributed by atoms with Crippen molar-refractivity contribution in [1.29, 1.82) is 0 Å². The van der Waals surface area contributed by atoms with Gasteiger partial charge in [0.05, 0.1) is 0 Å². The van der Waals surface area contributed by atoms with Crippen molar-refractivity contribution in [3.8, 4) is 11.5 Å². The summed E-state index contributed by atoms with van der Waals surface area (Å²) in [5, 5.41) is 20.8. The average molecular weight is 439 g/mol. The molecule has 4 nitrogen and oxygen atoms in total. The van der Waals surface area contributed by atoms with Crippen LogP contribution >= 0.6 is 24.0 Å². The molecule has 1 saturated heterocycles. The molecule has 2 heterocycles. The second-order valence-corrected chi connectivity index (χ2v) is 7.23. The molecule has 5 rings (SSSR count). The maximum absolute atomic E-state index is 10.5. The van der Waals surface area contributed by atoms with E-state index in [-0.39, 0.29) is 41.2 Å². The Hall–Kier alpha value is -1.05. The fourth-order valence-electron chi connectivity index (χ4n) is 5.52. The van der Waals surface area contributed by atoms with Crippen LogP contribution in [0.15, 0.2) is 36.9 Å². The molecular formula is C19H22INO3. The highest BCUT2D eigenvalue weighted by atomic mass is 127. The molecule has 2 aliphatic carbocycles. The first kappa shape index (κ1) is 16.4. The average Bonchev–Trinajstić information content (AvgIpc) is 2.89. The Balaban J connectivity index is 0.00000146. The van der Waals surface area contributed by atoms with E-state index >= 15 is 0 Å². The lowest BCUT2D eigenvalue weighted by atomic mass is 9.53. The van der Waals surface area contributed by atoms with Crippen LogP contribution in [0.1, 0.15) is 17.5 Å². The van der Waals surface area contributed by atoms with E-state index < -0.39 is 6.10 Å². The first-order valence-corrected chi connectivity index (χ1v) is 8.40. The lowest BCUT2D eigenvalue weighted by molar-refractivity contribution is -0.0488. The van der Waals surface area contributed by atoms with Crippen LogP contribution in [0.4, 0.5) is 0 Å². The molecule has 1 aromatic rings. The van der Waals surface area contributed by atoms with Crippen molar-refractivity contribution in [3.63, 3.8) is 0 Å². The highest BCUT2D eigenvalue weighted by Gasteiger charge is 2.64. The van der Waals surface area contributed by atoms with E-state index in [0.29, 0.717) is 17.7 Å². The Bertz CT molecular complexity index is 734. The van der Waals surface area contributed by atoms with Crippen molar-refractivity contribution in [3.05, 3.63) is 48.1 Å². The largest absolute Gasteiger partial charge is 0.504 e. The molecule has 0 aromatic heterocycles. The molecule has 2 N–H and O–H groups in total. The van der Waals surface area contributed by atoms with E-state index in [1.165, 1.54) is 5.56 Å². The Labute approximate surface area is 158 Å². The van der Waals surface area contributed by atoms with Crippen LogP contribution in [-0.2, 0) is 11.8 Å². The number of aromatic hydroxyl groups is 1. The van der Waals surface area contributed by atoms with E-state index in [1.807, 2.05) is 18.2 Å². The quantitative estimate of drug-likeness (QED) is 0.549. The topological polar surface area (TPSA) is 52.9 Å². The molecule has 5 atom stereocenters. The summed E-state index contributed by atoms with van der Waals surface area (Å²) in [4.78, 5) is 2.50. The summed E-state index contributed by atoms with van der Waals surface area (Å²) in [6, 6.07) is 4.17. The number of rotatable bonds is 2. The van der Waals surface area contributed by atoms with Gasteiger partial charge in [0.1, 0.15) is 12.2 Å². The molecule has 5 heteroatoms. The van der Waals surface area contributed by atoms with E-state index in [9.17, 15) is 10.2 Å². The number of halogens is 1. The highest BCUT2D eigenvalue weighted by Crippen LogP contribution is 2.62. The highest BCUT2D eigenvalue weighted by molar-refractivity contribution is 14.0. The minimum Gasteiger partial charge on any atom is -0.504 e. The molecular weight excluding hydrogens is 417 g/mol. The third-order valence-corrected chi connectivity index (χ3v) is 6.35. The molecule has 0 radical (unpaired) electrons. The van der Waals surface area contributed by atoms with Crippen molar-refractivity contribution in [1.82, 2.24) is 4.90 Å². The number of benzene rings is 1. The number of phenolic OH excluding ortho intramolecular Hbond substituents is 1. The van der Waals surface area contributed by atoms with Crippen molar-refractivity contribution >= 4 is 24.0 Å². The van der Waals surface area contributed by atoms with Gasteiger partial charge in [-0.2, -0.15) is 0 Å². The summed E-state index contributed by atoms with van der Waals surface area (Å²) < 4.78 is 6.13. The fraction of sp³-hybridized carbons (Fsp3) is 0.474. The monoisotopic (exact) mass is 439 g/mol. The third kappa shape index (κ3) is 1.81. The molecule has 0 saturated carbocycles. The first-order chi connectivity index (χ1) is 11.2. The van der Waals surface area contributed by atoms with Crippen LogP contribution in [0, 0.1) is 5.92 Å². The van der Waals surface area contributed by atoms with Gasteiger partial charge in [-0.15, -0.1) is 30.6 Å². The van der Waals surface area contributed by atoms with Gasteiger partial charge in [0.15, 0.2) is 11.5 Å². The molecule has 24 heavy (non-hydrogen) atoms. The summed E-state index contributed by atoms with van der Waals surface area (Å²) in [5.41, 5.74) is 2.22. The van der Waals surface area contributed by atoms with Crippen LogP contribution in [0.5, 0.6) is 11.5 Å². The second-order valence-electron chi connectivity index (χ2n) is 7.23. The molecule has 1 aromatic carbocycles. The normalized spacial score (nSPS) is 38.0. The maximum atomic E-state index is 10.5. The number of likely N-dealkylation sites (tertiary alicyclic amines) is 1. The van der Waals surface area contributed by atoms with Crippen LogP contribution in [-0.4, -0.2) is 46.5 Å². The van der Waals surface area contributed by atoms with Crippen LogP contribution in [0.2, 0.25) is 0 Å². The van der Waals surface area contributed by atoms with Gasteiger partial charge in [0.2, 0.25) is 0 Å². The van der Waals surface area contributed by atoms with Gasteiger partial charge >= 0.3 is 0 Å². The maximum Gasteiger partial charge on any atom is 0.165 e. The summed E-state index contributed by atoms with van der Waals surface area (Å²) in [6.07, 6.45) is 7.04. The minimum absolute atomic E-state index is 0. The van der Waals surface area contributed by atoms with Gasteiger partial charge in [0.25, 0.3) is 0 Å².